The Morgan fingerprint density at radius 2 is 1.28 bits per heavy atom. The lowest BCUT2D eigenvalue weighted by Gasteiger charge is -2.39. The highest BCUT2D eigenvalue weighted by Crippen LogP contribution is 2.62. The summed E-state index contributed by atoms with van der Waals surface area (Å²) in [6, 6.07) is 22.6. The summed E-state index contributed by atoms with van der Waals surface area (Å²) in [5, 5.41) is 5.05. The molecule has 0 aromatic heterocycles. The first-order valence-electron chi connectivity index (χ1n) is 18.0. The van der Waals surface area contributed by atoms with Crippen LogP contribution in [0.3, 0.4) is 0 Å². The smallest absolute Gasteiger partial charge is 0.271 e. The molecular weight excluding hydrogens is 747 g/mol. The molecule has 3 aliphatic rings. The van der Waals surface area contributed by atoms with E-state index in [1.165, 1.54) is 0 Å². The maximum Gasteiger partial charge on any atom is 0.271 e. The molecule has 5 aromatic carbocycles. The van der Waals surface area contributed by atoms with Crippen LogP contribution in [0.1, 0.15) is 39.8 Å². The molecule has 0 bridgehead atoms. The van der Waals surface area contributed by atoms with Gasteiger partial charge in [-0.15, -0.1) is 4.91 Å². The molecule has 1 unspecified atom stereocenters. The minimum absolute atomic E-state index is 0.167. The van der Waals surface area contributed by atoms with Gasteiger partial charge in [0.1, 0.15) is 23.0 Å². The third-order valence-electron chi connectivity index (χ3n) is 10.2. The molecule has 0 saturated heterocycles. The van der Waals surface area contributed by atoms with Crippen molar-refractivity contribution < 1.29 is 23.7 Å². The molecular formula is C39H45N13O6. The van der Waals surface area contributed by atoms with Gasteiger partial charge < -0.3 is 40.9 Å². The van der Waals surface area contributed by atoms with Crippen molar-refractivity contribution in [3.05, 3.63) is 123 Å². The van der Waals surface area contributed by atoms with Crippen molar-refractivity contribution in [1.29, 1.82) is 0 Å². The molecule has 8 rings (SSSR count). The number of fused-ring (bicyclic) bond motifs is 10. The number of nitroso groups, excluding NO2 is 1. The Morgan fingerprint density at radius 1 is 0.707 bits per heavy atom. The highest BCUT2D eigenvalue weighted by Gasteiger charge is 2.53. The van der Waals surface area contributed by atoms with Crippen LogP contribution in [0.25, 0.3) is 28.0 Å². The molecule has 302 valence electrons. The van der Waals surface area contributed by atoms with Crippen LogP contribution in [0.5, 0.6) is 28.7 Å². The third-order valence-corrected chi connectivity index (χ3v) is 10.2. The Labute approximate surface area is 331 Å². The van der Waals surface area contributed by atoms with Crippen molar-refractivity contribution in [1.82, 2.24) is 0 Å². The zero-order chi connectivity index (χ0) is 41.6. The van der Waals surface area contributed by atoms with Gasteiger partial charge in [0.2, 0.25) is 0 Å². The topological polar surface area (TPSA) is 388 Å². The number of hydrogen-bond donors (Lipinski definition) is 12. The summed E-state index contributed by atoms with van der Waals surface area (Å²) in [6.45, 7) is 0.290. The average Bonchev–Trinajstić information content (AvgIpc) is 3.72. The van der Waals surface area contributed by atoms with Gasteiger partial charge in [0, 0.05) is 51.4 Å². The van der Waals surface area contributed by atoms with Gasteiger partial charge in [0.25, 0.3) is 17.9 Å². The summed E-state index contributed by atoms with van der Waals surface area (Å²) in [5.41, 5.74) is 73.0. The molecule has 58 heavy (non-hydrogen) atoms. The average molecular weight is 792 g/mol. The lowest BCUT2D eigenvalue weighted by atomic mass is 9.77. The van der Waals surface area contributed by atoms with E-state index in [0.717, 1.165) is 5.56 Å². The SMILES string of the molecule is NC(N)(N)CC1(N=O)c2ccccc2-c2c1c1c(c3cc(OC(N)(N)N)c4c(c23)CCO4)OC(c2ccc(OC(N)(N)N)cc2)(c2ccc(OC(N)(N)N)cc2)C=C1. The Bertz CT molecular complexity index is 2430. The molecule has 2 heterocycles. The summed E-state index contributed by atoms with van der Waals surface area (Å²) in [4.78, 5) is 13.6. The van der Waals surface area contributed by atoms with E-state index < -0.39 is 34.8 Å². The first-order valence-corrected chi connectivity index (χ1v) is 18.0. The molecule has 0 saturated carbocycles. The van der Waals surface area contributed by atoms with Gasteiger partial charge in [-0.25, -0.2) is 0 Å². The first kappa shape index (κ1) is 39.1. The van der Waals surface area contributed by atoms with E-state index in [2.05, 4.69) is 5.18 Å². The maximum atomic E-state index is 13.6. The summed E-state index contributed by atoms with van der Waals surface area (Å²) < 4.78 is 30.4. The molecule has 0 fully saturated rings. The zero-order valence-electron chi connectivity index (χ0n) is 31.1. The molecule has 1 atom stereocenters. The van der Waals surface area contributed by atoms with Gasteiger partial charge in [0.15, 0.2) is 22.6 Å². The van der Waals surface area contributed by atoms with Crippen molar-refractivity contribution in [3.8, 4) is 39.9 Å². The van der Waals surface area contributed by atoms with Crippen LogP contribution in [-0.2, 0) is 17.6 Å². The van der Waals surface area contributed by atoms with E-state index >= 15 is 0 Å². The van der Waals surface area contributed by atoms with E-state index in [0.29, 0.717) is 74.2 Å². The van der Waals surface area contributed by atoms with Crippen molar-refractivity contribution in [2.45, 2.75) is 47.7 Å². The molecule has 0 radical (unpaired) electrons. The van der Waals surface area contributed by atoms with Gasteiger partial charge in [-0.3, -0.25) is 51.6 Å². The third kappa shape index (κ3) is 6.75. The van der Waals surface area contributed by atoms with Crippen LogP contribution in [0.2, 0.25) is 0 Å². The summed E-state index contributed by atoms with van der Waals surface area (Å²) in [6.07, 6.45) is 3.85. The highest BCUT2D eigenvalue weighted by molar-refractivity contribution is 6.11. The van der Waals surface area contributed by atoms with Crippen molar-refractivity contribution in [2.24, 2.45) is 74.0 Å². The number of rotatable bonds is 11. The Balaban J connectivity index is 1.46. The van der Waals surface area contributed by atoms with Gasteiger partial charge in [0.05, 0.1) is 6.61 Å². The Kier molecular flexibility index (Phi) is 8.84. The number of hydrogen-bond acceptors (Lipinski definition) is 19. The lowest BCUT2D eigenvalue weighted by Crippen LogP contribution is -2.62. The quantitative estimate of drug-likeness (QED) is 0.0599. The van der Waals surface area contributed by atoms with Gasteiger partial charge >= 0.3 is 0 Å². The van der Waals surface area contributed by atoms with Gasteiger partial charge in [-0.05, 0) is 53.1 Å². The summed E-state index contributed by atoms with van der Waals surface area (Å²) in [7, 11) is 0. The standard InChI is InChI=1S/C39H45N13O6/c40-36(41,42)18-34(52-53)27-4-2-1-3-23(27)30-29-24-14-16-54-33(24)28(57-39(49,50)51)17-26(29)32-25(31(30)34)13-15-35(58-32,19-5-9-21(10-6-19)55-37(43,44)45)20-7-11-22(12-8-20)56-38(46,47)48/h1-13,15,17H,14,16,18,40-51H2. The molecule has 19 nitrogen and oxygen atoms in total. The van der Waals surface area contributed by atoms with Crippen LogP contribution >= 0.6 is 0 Å². The predicted octanol–water partition coefficient (Wildman–Crippen LogP) is -0.367. The molecule has 0 spiro atoms. The second-order valence-corrected chi connectivity index (χ2v) is 15.1. The van der Waals surface area contributed by atoms with Crippen molar-refractivity contribution in [3.63, 3.8) is 0 Å². The Morgan fingerprint density at radius 3 is 1.81 bits per heavy atom. The molecule has 1 aliphatic carbocycles. The normalized spacial score (nSPS) is 18.1. The number of ether oxygens (including phenoxy) is 5. The predicted molar refractivity (Wildman–Crippen MR) is 216 cm³/mol. The zero-order valence-corrected chi connectivity index (χ0v) is 31.1. The minimum atomic E-state index is -2.08. The van der Waals surface area contributed by atoms with Gasteiger partial charge in [-0.2, -0.15) is 0 Å². The Hall–Kier alpha value is -5.78. The second kappa shape index (κ2) is 13.1. The van der Waals surface area contributed by atoms with E-state index in [1.54, 1.807) is 60.7 Å². The van der Waals surface area contributed by atoms with Crippen LogP contribution in [0.4, 0.5) is 0 Å². The fraction of sp³-hybridized carbons (Fsp3) is 0.231. The van der Waals surface area contributed by atoms with Crippen LogP contribution in [0, 0.1) is 4.91 Å². The molecule has 2 aliphatic heterocycles. The maximum absolute atomic E-state index is 13.6. The van der Waals surface area contributed by atoms with Crippen LogP contribution in [-0.4, -0.2) is 30.3 Å². The van der Waals surface area contributed by atoms with E-state index in [-0.39, 0.29) is 23.7 Å². The fourth-order valence-corrected chi connectivity index (χ4v) is 8.33. The van der Waals surface area contributed by atoms with Crippen LogP contribution < -0.4 is 92.5 Å². The van der Waals surface area contributed by atoms with Crippen LogP contribution in [0.15, 0.2) is 90.1 Å². The summed E-state index contributed by atoms with van der Waals surface area (Å²) >= 11 is 0. The first-order chi connectivity index (χ1) is 27.1. The minimum Gasteiger partial charge on any atom is -0.489 e. The molecule has 24 N–H and O–H groups in total. The monoisotopic (exact) mass is 791 g/mol. The summed E-state index contributed by atoms with van der Waals surface area (Å²) in [5.74, 6) is -6.40. The lowest BCUT2D eigenvalue weighted by molar-refractivity contribution is 0.0859. The second-order valence-electron chi connectivity index (χ2n) is 15.1. The highest BCUT2D eigenvalue weighted by atomic mass is 16.6. The van der Waals surface area contributed by atoms with E-state index in [1.807, 2.05) is 30.4 Å². The fourth-order valence-electron chi connectivity index (χ4n) is 8.33. The largest absolute Gasteiger partial charge is 0.489 e. The number of nitrogens with two attached hydrogens (primary N) is 12. The number of benzene rings is 5. The number of nitrogens with zero attached hydrogens (tertiary/aromatic N) is 1. The van der Waals surface area contributed by atoms with Crippen molar-refractivity contribution >= 4 is 16.8 Å². The van der Waals surface area contributed by atoms with Gasteiger partial charge in [-0.1, -0.05) is 59.8 Å². The van der Waals surface area contributed by atoms with E-state index in [9.17, 15) is 4.91 Å². The molecule has 5 aromatic rings. The van der Waals surface area contributed by atoms with E-state index in [4.69, 9.17) is 92.5 Å². The molecule has 0 amide bonds. The molecule has 19 heteroatoms. The van der Waals surface area contributed by atoms with Crippen molar-refractivity contribution in [2.75, 3.05) is 6.61 Å².